The zero-order chi connectivity index (χ0) is 12.5. The first-order chi connectivity index (χ1) is 8.79. The van der Waals surface area contributed by atoms with E-state index in [1.54, 1.807) is 0 Å². The highest BCUT2D eigenvalue weighted by atomic mass is 79.9. The molecule has 0 bridgehead atoms. The van der Waals surface area contributed by atoms with Crippen molar-refractivity contribution in [2.75, 3.05) is 29.5 Å². The fraction of sp³-hybridized carbons (Fsp3) is 0.417. The summed E-state index contributed by atoms with van der Waals surface area (Å²) in [7, 11) is -0.649. The average Bonchev–Trinajstić information content (AvgIpc) is 2.78. The van der Waals surface area contributed by atoms with Gasteiger partial charge in [0.25, 0.3) is 0 Å². The SMILES string of the molecule is O=S1CCN(c2nc3ccccn3c2CBr)CC1. The van der Waals surface area contributed by atoms with Gasteiger partial charge in [0, 0.05) is 46.9 Å². The molecule has 3 heterocycles. The first-order valence-electron chi connectivity index (χ1n) is 5.91. The molecule has 0 saturated carbocycles. The molecule has 3 rings (SSSR count). The first-order valence-corrected chi connectivity index (χ1v) is 8.52. The van der Waals surface area contributed by atoms with Gasteiger partial charge in [-0.05, 0) is 12.1 Å². The van der Waals surface area contributed by atoms with Crippen molar-refractivity contribution in [1.82, 2.24) is 9.38 Å². The first kappa shape index (κ1) is 12.2. The van der Waals surface area contributed by atoms with Crippen molar-refractivity contribution < 1.29 is 4.21 Å². The van der Waals surface area contributed by atoms with E-state index in [0.717, 1.165) is 41.4 Å². The van der Waals surface area contributed by atoms with E-state index < -0.39 is 10.8 Å². The highest BCUT2D eigenvalue weighted by Gasteiger charge is 2.21. The molecule has 18 heavy (non-hydrogen) atoms. The van der Waals surface area contributed by atoms with Gasteiger partial charge in [0.05, 0.1) is 5.69 Å². The fourth-order valence-electron chi connectivity index (χ4n) is 2.26. The smallest absolute Gasteiger partial charge is 0.152 e. The van der Waals surface area contributed by atoms with Crippen LogP contribution in [0.1, 0.15) is 5.69 Å². The summed E-state index contributed by atoms with van der Waals surface area (Å²) in [5, 5.41) is 0.771. The van der Waals surface area contributed by atoms with Crippen LogP contribution in [0.2, 0.25) is 0 Å². The molecule has 0 atom stereocenters. The van der Waals surface area contributed by atoms with Crippen LogP contribution in [-0.2, 0) is 16.1 Å². The van der Waals surface area contributed by atoms with E-state index in [4.69, 9.17) is 4.98 Å². The molecule has 0 spiro atoms. The quantitative estimate of drug-likeness (QED) is 0.789. The maximum Gasteiger partial charge on any atom is 0.152 e. The molecular formula is C12H14BrN3OS. The van der Waals surface area contributed by atoms with E-state index in [2.05, 4.69) is 25.2 Å². The molecule has 2 aromatic heterocycles. The van der Waals surface area contributed by atoms with E-state index >= 15 is 0 Å². The zero-order valence-electron chi connectivity index (χ0n) is 9.88. The Bertz CT molecular complexity index is 588. The second-order valence-corrected chi connectivity index (χ2v) is 6.54. The third-order valence-electron chi connectivity index (χ3n) is 3.21. The normalized spacial score (nSPS) is 17.5. The van der Waals surface area contributed by atoms with Crippen LogP contribution in [0.25, 0.3) is 5.65 Å². The van der Waals surface area contributed by atoms with Crippen LogP contribution in [0.5, 0.6) is 0 Å². The number of alkyl halides is 1. The number of pyridine rings is 1. The fourth-order valence-corrected chi connectivity index (χ4v) is 3.83. The maximum absolute atomic E-state index is 11.4. The van der Waals surface area contributed by atoms with Crippen molar-refractivity contribution in [3.63, 3.8) is 0 Å². The molecule has 1 fully saturated rings. The molecule has 0 amide bonds. The van der Waals surface area contributed by atoms with Crippen molar-refractivity contribution in [1.29, 1.82) is 0 Å². The van der Waals surface area contributed by atoms with E-state index in [-0.39, 0.29) is 0 Å². The second-order valence-electron chi connectivity index (χ2n) is 4.28. The lowest BCUT2D eigenvalue weighted by molar-refractivity contribution is 0.672. The van der Waals surface area contributed by atoms with Crippen molar-refractivity contribution in [3.8, 4) is 0 Å². The van der Waals surface area contributed by atoms with Crippen LogP contribution >= 0.6 is 15.9 Å². The molecule has 96 valence electrons. The summed E-state index contributed by atoms with van der Waals surface area (Å²) in [5.74, 6) is 2.51. The van der Waals surface area contributed by atoms with Gasteiger partial charge in [-0.3, -0.25) is 4.21 Å². The summed E-state index contributed by atoms with van der Waals surface area (Å²) >= 11 is 3.54. The van der Waals surface area contributed by atoms with Gasteiger partial charge in [-0.1, -0.05) is 22.0 Å². The minimum atomic E-state index is -0.649. The summed E-state index contributed by atoms with van der Waals surface area (Å²) in [4.78, 5) is 6.93. The second kappa shape index (κ2) is 5.01. The third-order valence-corrected chi connectivity index (χ3v) is 5.02. The van der Waals surface area contributed by atoms with Gasteiger partial charge in [0.15, 0.2) is 5.82 Å². The summed E-state index contributed by atoms with van der Waals surface area (Å²) < 4.78 is 13.5. The van der Waals surface area contributed by atoms with Crippen LogP contribution in [0.4, 0.5) is 5.82 Å². The third kappa shape index (κ3) is 2.07. The van der Waals surface area contributed by atoms with Gasteiger partial charge in [0.1, 0.15) is 5.65 Å². The number of anilines is 1. The molecule has 2 aromatic rings. The zero-order valence-corrected chi connectivity index (χ0v) is 12.3. The Morgan fingerprint density at radius 1 is 1.33 bits per heavy atom. The van der Waals surface area contributed by atoms with Crippen molar-refractivity contribution in [2.45, 2.75) is 5.33 Å². The Labute approximate surface area is 117 Å². The van der Waals surface area contributed by atoms with E-state index in [1.165, 1.54) is 5.69 Å². The Balaban J connectivity index is 2.03. The molecule has 0 radical (unpaired) electrons. The molecular weight excluding hydrogens is 314 g/mol. The minimum absolute atomic E-state index is 0.649. The van der Waals surface area contributed by atoms with Gasteiger partial charge < -0.3 is 9.30 Å². The number of hydrogen-bond acceptors (Lipinski definition) is 3. The Morgan fingerprint density at radius 2 is 2.11 bits per heavy atom. The molecule has 4 nitrogen and oxygen atoms in total. The van der Waals surface area contributed by atoms with Crippen molar-refractivity contribution >= 4 is 38.2 Å². The van der Waals surface area contributed by atoms with Crippen LogP contribution in [-0.4, -0.2) is 38.2 Å². The average molecular weight is 328 g/mol. The highest BCUT2D eigenvalue weighted by molar-refractivity contribution is 9.08. The van der Waals surface area contributed by atoms with Crippen molar-refractivity contribution in [3.05, 3.63) is 30.1 Å². The lowest BCUT2D eigenvalue weighted by Gasteiger charge is -2.27. The predicted molar refractivity (Wildman–Crippen MR) is 77.9 cm³/mol. The molecule has 1 aliphatic heterocycles. The number of hydrogen-bond donors (Lipinski definition) is 0. The lowest BCUT2D eigenvalue weighted by Crippen LogP contribution is -2.38. The number of aromatic nitrogens is 2. The van der Waals surface area contributed by atoms with Gasteiger partial charge in [-0.25, -0.2) is 4.98 Å². The molecule has 0 aliphatic carbocycles. The largest absolute Gasteiger partial charge is 0.353 e. The van der Waals surface area contributed by atoms with Crippen LogP contribution in [0.15, 0.2) is 24.4 Å². The number of imidazole rings is 1. The van der Waals surface area contributed by atoms with E-state index in [9.17, 15) is 4.21 Å². The maximum atomic E-state index is 11.4. The van der Waals surface area contributed by atoms with Gasteiger partial charge in [-0.2, -0.15) is 0 Å². The summed E-state index contributed by atoms with van der Waals surface area (Å²) in [6.45, 7) is 1.66. The standard InChI is InChI=1S/C12H14BrN3OS/c13-9-10-12(15-5-7-18(17)8-6-15)14-11-3-1-2-4-16(10)11/h1-4H,5-9H2. The molecule has 0 N–H and O–H groups in total. The summed E-state index contributed by atoms with van der Waals surface area (Å²) in [6.07, 6.45) is 2.03. The lowest BCUT2D eigenvalue weighted by atomic mass is 10.4. The van der Waals surface area contributed by atoms with Gasteiger partial charge in [0.2, 0.25) is 0 Å². The number of halogens is 1. The number of rotatable bonds is 2. The molecule has 0 aromatic carbocycles. The number of fused-ring (bicyclic) bond motifs is 1. The van der Waals surface area contributed by atoms with Crippen LogP contribution < -0.4 is 4.90 Å². The van der Waals surface area contributed by atoms with E-state index in [0.29, 0.717) is 0 Å². The monoisotopic (exact) mass is 327 g/mol. The van der Waals surface area contributed by atoms with E-state index in [1.807, 2.05) is 24.4 Å². The summed E-state index contributed by atoms with van der Waals surface area (Å²) in [6, 6.07) is 6.02. The van der Waals surface area contributed by atoms with Gasteiger partial charge >= 0.3 is 0 Å². The Morgan fingerprint density at radius 3 is 2.83 bits per heavy atom. The van der Waals surface area contributed by atoms with Gasteiger partial charge in [-0.15, -0.1) is 0 Å². The Hall–Kier alpha value is -0.880. The minimum Gasteiger partial charge on any atom is -0.353 e. The van der Waals surface area contributed by atoms with Crippen LogP contribution in [0.3, 0.4) is 0 Å². The predicted octanol–water partition coefficient (Wildman–Crippen LogP) is 1.80. The number of nitrogens with zero attached hydrogens (tertiary/aromatic N) is 3. The summed E-state index contributed by atoms with van der Waals surface area (Å²) in [5.41, 5.74) is 2.13. The highest BCUT2D eigenvalue weighted by Crippen LogP contribution is 2.24. The molecule has 0 unspecified atom stereocenters. The molecule has 6 heteroatoms. The molecule has 1 saturated heterocycles. The van der Waals surface area contributed by atoms with Crippen LogP contribution in [0, 0.1) is 0 Å². The van der Waals surface area contributed by atoms with Crippen molar-refractivity contribution in [2.24, 2.45) is 0 Å². The molecule has 1 aliphatic rings. The Kier molecular flexibility index (Phi) is 3.39. The topological polar surface area (TPSA) is 37.6 Å².